The number of benzene rings is 1. The fourth-order valence-electron chi connectivity index (χ4n) is 1.15. The molecule has 0 saturated carbocycles. The van der Waals surface area contributed by atoms with E-state index in [4.69, 9.17) is 5.73 Å². The highest BCUT2D eigenvalue weighted by Crippen LogP contribution is 2.28. The number of rotatable bonds is 2. The smallest absolute Gasteiger partial charge is 0.172 e. The third-order valence-electron chi connectivity index (χ3n) is 1.93. The SMILES string of the molecule is Cn1ccnc1Sc1ccc(N)cc1F. The van der Waals surface area contributed by atoms with Crippen LogP contribution in [0.2, 0.25) is 0 Å². The molecule has 0 aliphatic heterocycles. The highest BCUT2D eigenvalue weighted by Gasteiger charge is 2.07. The number of anilines is 1. The lowest BCUT2D eigenvalue weighted by Gasteiger charge is -2.03. The molecule has 1 aromatic carbocycles. The summed E-state index contributed by atoms with van der Waals surface area (Å²) in [5, 5.41) is 0.749. The van der Waals surface area contributed by atoms with Crippen molar-refractivity contribution in [3.05, 3.63) is 36.4 Å². The molecule has 0 bridgehead atoms. The zero-order valence-corrected chi connectivity index (χ0v) is 8.96. The molecule has 5 heteroatoms. The second-order valence-corrected chi connectivity index (χ2v) is 4.12. The molecule has 2 aromatic rings. The van der Waals surface area contributed by atoms with Crippen molar-refractivity contribution >= 4 is 17.4 Å². The van der Waals surface area contributed by atoms with Gasteiger partial charge in [-0.1, -0.05) is 0 Å². The van der Waals surface area contributed by atoms with Crippen LogP contribution in [0, 0.1) is 5.82 Å². The van der Waals surface area contributed by atoms with E-state index < -0.39 is 0 Å². The Labute approximate surface area is 91.1 Å². The van der Waals surface area contributed by atoms with Gasteiger partial charge in [-0.2, -0.15) is 0 Å². The van der Waals surface area contributed by atoms with Gasteiger partial charge in [-0.3, -0.25) is 0 Å². The maximum atomic E-state index is 13.4. The van der Waals surface area contributed by atoms with Crippen LogP contribution < -0.4 is 5.73 Å². The predicted molar refractivity (Wildman–Crippen MR) is 58.1 cm³/mol. The van der Waals surface area contributed by atoms with Gasteiger partial charge in [0.2, 0.25) is 0 Å². The van der Waals surface area contributed by atoms with Gasteiger partial charge in [0, 0.05) is 25.1 Å². The minimum absolute atomic E-state index is 0.317. The topological polar surface area (TPSA) is 43.8 Å². The Morgan fingerprint density at radius 1 is 1.47 bits per heavy atom. The summed E-state index contributed by atoms with van der Waals surface area (Å²) in [4.78, 5) is 4.63. The van der Waals surface area contributed by atoms with Crippen molar-refractivity contribution < 1.29 is 4.39 Å². The van der Waals surface area contributed by atoms with Crippen molar-refractivity contribution in [3.63, 3.8) is 0 Å². The standard InChI is InChI=1S/C10H10FN3S/c1-14-5-4-13-10(14)15-9-3-2-7(12)6-8(9)11/h2-6H,12H2,1H3. The summed E-state index contributed by atoms with van der Waals surface area (Å²) in [6.07, 6.45) is 3.50. The van der Waals surface area contributed by atoms with E-state index >= 15 is 0 Å². The van der Waals surface area contributed by atoms with Gasteiger partial charge in [0.25, 0.3) is 0 Å². The third kappa shape index (κ3) is 2.12. The molecule has 0 atom stereocenters. The summed E-state index contributed by atoms with van der Waals surface area (Å²) in [5.41, 5.74) is 5.89. The van der Waals surface area contributed by atoms with E-state index in [0.717, 1.165) is 5.16 Å². The van der Waals surface area contributed by atoms with E-state index in [1.54, 1.807) is 18.3 Å². The number of nitrogens with zero attached hydrogens (tertiary/aromatic N) is 2. The molecule has 78 valence electrons. The number of hydrogen-bond donors (Lipinski definition) is 1. The Kier molecular flexibility index (Phi) is 2.64. The maximum absolute atomic E-state index is 13.4. The highest BCUT2D eigenvalue weighted by molar-refractivity contribution is 7.99. The monoisotopic (exact) mass is 223 g/mol. The second-order valence-electron chi connectivity index (χ2n) is 3.11. The van der Waals surface area contributed by atoms with E-state index in [1.165, 1.54) is 17.8 Å². The average molecular weight is 223 g/mol. The van der Waals surface area contributed by atoms with Gasteiger partial charge < -0.3 is 10.3 Å². The number of aryl methyl sites for hydroxylation is 1. The fraction of sp³-hybridized carbons (Fsp3) is 0.100. The van der Waals surface area contributed by atoms with Crippen LogP contribution in [0.25, 0.3) is 0 Å². The van der Waals surface area contributed by atoms with E-state index in [1.807, 2.05) is 17.8 Å². The lowest BCUT2D eigenvalue weighted by Crippen LogP contribution is -1.91. The summed E-state index contributed by atoms with van der Waals surface area (Å²) in [7, 11) is 1.87. The first kappa shape index (κ1) is 10.0. The van der Waals surface area contributed by atoms with Crippen LogP contribution in [0.5, 0.6) is 0 Å². The van der Waals surface area contributed by atoms with Gasteiger partial charge in [0.15, 0.2) is 5.16 Å². The van der Waals surface area contributed by atoms with E-state index in [0.29, 0.717) is 10.6 Å². The summed E-state index contributed by atoms with van der Waals surface area (Å²) in [5.74, 6) is -0.317. The molecule has 1 aromatic heterocycles. The Morgan fingerprint density at radius 3 is 2.87 bits per heavy atom. The van der Waals surface area contributed by atoms with Gasteiger partial charge >= 0.3 is 0 Å². The fourth-order valence-corrected chi connectivity index (χ4v) is 1.96. The quantitative estimate of drug-likeness (QED) is 0.794. The van der Waals surface area contributed by atoms with Gasteiger partial charge in [-0.15, -0.1) is 0 Å². The number of imidazole rings is 1. The molecule has 2 N–H and O–H groups in total. The van der Waals surface area contributed by atoms with E-state index in [2.05, 4.69) is 4.98 Å². The molecule has 0 aliphatic rings. The Morgan fingerprint density at radius 2 is 2.27 bits per heavy atom. The van der Waals surface area contributed by atoms with Crippen LogP contribution in [0.4, 0.5) is 10.1 Å². The highest BCUT2D eigenvalue weighted by atomic mass is 32.2. The first-order valence-corrected chi connectivity index (χ1v) is 5.18. The second kappa shape index (κ2) is 3.94. The molecule has 2 rings (SSSR count). The number of aromatic nitrogens is 2. The van der Waals surface area contributed by atoms with Crippen LogP contribution in [0.3, 0.4) is 0 Å². The van der Waals surface area contributed by atoms with Gasteiger partial charge in [-0.05, 0) is 30.0 Å². The Balaban J connectivity index is 2.29. The van der Waals surface area contributed by atoms with Gasteiger partial charge in [0.1, 0.15) is 5.82 Å². The molecule has 0 saturated heterocycles. The molecule has 0 unspecified atom stereocenters. The first-order chi connectivity index (χ1) is 7.16. The summed E-state index contributed by atoms with van der Waals surface area (Å²) >= 11 is 1.28. The van der Waals surface area contributed by atoms with Crippen LogP contribution >= 0.6 is 11.8 Å². The maximum Gasteiger partial charge on any atom is 0.172 e. The van der Waals surface area contributed by atoms with E-state index in [-0.39, 0.29) is 5.82 Å². The number of halogens is 1. The minimum atomic E-state index is -0.317. The molecule has 0 radical (unpaired) electrons. The third-order valence-corrected chi connectivity index (χ3v) is 3.06. The van der Waals surface area contributed by atoms with Crippen molar-refractivity contribution in [1.29, 1.82) is 0 Å². The van der Waals surface area contributed by atoms with E-state index in [9.17, 15) is 4.39 Å². The Hall–Kier alpha value is -1.49. The zero-order valence-electron chi connectivity index (χ0n) is 8.14. The molecule has 0 spiro atoms. The largest absolute Gasteiger partial charge is 0.399 e. The molecule has 0 amide bonds. The lowest BCUT2D eigenvalue weighted by molar-refractivity contribution is 0.602. The summed E-state index contributed by atoms with van der Waals surface area (Å²) < 4.78 is 15.3. The Bertz CT molecular complexity index is 481. The summed E-state index contributed by atoms with van der Waals surface area (Å²) in [6.45, 7) is 0. The number of nitrogens with two attached hydrogens (primary N) is 1. The molecule has 3 nitrogen and oxygen atoms in total. The zero-order chi connectivity index (χ0) is 10.8. The van der Waals surface area contributed by atoms with Crippen LogP contribution in [0.15, 0.2) is 40.6 Å². The molecule has 1 heterocycles. The van der Waals surface area contributed by atoms with Crippen molar-refractivity contribution in [2.24, 2.45) is 7.05 Å². The van der Waals surface area contributed by atoms with Crippen molar-refractivity contribution in [3.8, 4) is 0 Å². The number of hydrogen-bond acceptors (Lipinski definition) is 3. The molecule has 15 heavy (non-hydrogen) atoms. The molecular weight excluding hydrogens is 213 g/mol. The van der Waals surface area contributed by atoms with Crippen molar-refractivity contribution in [1.82, 2.24) is 9.55 Å². The van der Waals surface area contributed by atoms with Crippen LogP contribution in [-0.4, -0.2) is 9.55 Å². The molecule has 0 fully saturated rings. The van der Waals surface area contributed by atoms with Crippen LogP contribution in [-0.2, 0) is 7.05 Å². The minimum Gasteiger partial charge on any atom is -0.399 e. The predicted octanol–water partition coefficient (Wildman–Crippen LogP) is 2.29. The first-order valence-electron chi connectivity index (χ1n) is 4.37. The van der Waals surface area contributed by atoms with Gasteiger partial charge in [0.05, 0.1) is 4.90 Å². The van der Waals surface area contributed by atoms with Crippen molar-refractivity contribution in [2.45, 2.75) is 10.1 Å². The molecular formula is C10H10FN3S. The van der Waals surface area contributed by atoms with Crippen LogP contribution in [0.1, 0.15) is 0 Å². The molecule has 0 aliphatic carbocycles. The van der Waals surface area contributed by atoms with Gasteiger partial charge in [-0.25, -0.2) is 9.37 Å². The lowest BCUT2D eigenvalue weighted by atomic mass is 10.3. The normalized spacial score (nSPS) is 10.5. The average Bonchev–Trinajstić information content (AvgIpc) is 2.57. The van der Waals surface area contributed by atoms with Crippen molar-refractivity contribution in [2.75, 3.05) is 5.73 Å². The summed E-state index contributed by atoms with van der Waals surface area (Å²) in [6, 6.07) is 4.64. The number of nitrogen functional groups attached to an aromatic ring is 1.